The molecular formula is C17H11F3N2O5. The maximum absolute atomic E-state index is 13.4. The van der Waals surface area contributed by atoms with Gasteiger partial charge in [0.25, 0.3) is 16.7 Å². The summed E-state index contributed by atoms with van der Waals surface area (Å²) in [5.74, 6) is 0. The summed E-state index contributed by atoms with van der Waals surface area (Å²) in [7, 11) is 1.25. The van der Waals surface area contributed by atoms with Crippen molar-refractivity contribution in [2.24, 2.45) is 7.05 Å². The molecule has 10 heteroatoms. The van der Waals surface area contributed by atoms with Crippen molar-refractivity contribution in [3.63, 3.8) is 0 Å². The Morgan fingerprint density at radius 1 is 0.963 bits per heavy atom. The van der Waals surface area contributed by atoms with E-state index in [0.717, 1.165) is 22.8 Å². The number of halogens is 3. The van der Waals surface area contributed by atoms with Crippen LogP contribution in [0.25, 0.3) is 0 Å². The van der Waals surface area contributed by atoms with Crippen LogP contribution in [0.1, 0.15) is 16.8 Å². The molecule has 7 nitrogen and oxygen atoms in total. The first-order chi connectivity index (χ1) is 12.4. The molecule has 0 saturated heterocycles. The fourth-order valence-corrected chi connectivity index (χ4v) is 2.90. The monoisotopic (exact) mass is 380 g/mol. The fourth-order valence-electron chi connectivity index (χ4n) is 2.90. The molecular weight excluding hydrogens is 369 g/mol. The molecule has 140 valence electrons. The van der Waals surface area contributed by atoms with E-state index in [9.17, 15) is 37.1 Å². The van der Waals surface area contributed by atoms with Gasteiger partial charge in [-0.05, 0) is 25.1 Å². The van der Waals surface area contributed by atoms with E-state index in [-0.39, 0.29) is 10.9 Å². The molecule has 1 aliphatic heterocycles. The highest BCUT2D eigenvalue weighted by Gasteiger charge is 2.36. The molecule has 0 bridgehead atoms. The Morgan fingerprint density at radius 2 is 1.59 bits per heavy atom. The van der Waals surface area contributed by atoms with E-state index in [2.05, 4.69) is 0 Å². The summed E-state index contributed by atoms with van der Waals surface area (Å²) >= 11 is 0. The zero-order valence-electron chi connectivity index (χ0n) is 14.0. The number of alkyl halides is 3. The lowest BCUT2D eigenvalue weighted by Gasteiger charge is -2.15. The highest BCUT2D eigenvalue weighted by molar-refractivity contribution is 5.31. The van der Waals surface area contributed by atoms with Crippen molar-refractivity contribution in [2.75, 3.05) is 0 Å². The molecule has 0 atom stereocenters. The lowest BCUT2D eigenvalue weighted by molar-refractivity contribution is -0.138. The molecule has 1 aliphatic carbocycles. The molecule has 0 aromatic carbocycles. The number of aromatic nitrogens is 2. The molecule has 2 aliphatic rings. The quantitative estimate of drug-likeness (QED) is 0.564. The van der Waals surface area contributed by atoms with Gasteiger partial charge in [-0.25, -0.2) is 0 Å². The third-order valence-corrected chi connectivity index (χ3v) is 4.45. The summed E-state index contributed by atoms with van der Waals surface area (Å²) in [5, 5.41) is -1.06. The highest BCUT2D eigenvalue weighted by Crippen LogP contribution is 2.31. The van der Waals surface area contributed by atoms with Crippen LogP contribution in [0.4, 0.5) is 13.2 Å². The Morgan fingerprint density at radius 3 is 2.19 bits per heavy atom. The number of nitrogens with zero attached hydrogens (tertiary/aromatic N) is 2. The van der Waals surface area contributed by atoms with Crippen molar-refractivity contribution in [1.29, 1.82) is 0 Å². The molecule has 27 heavy (non-hydrogen) atoms. The number of pyridine rings is 1. The van der Waals surface area contributed by atoms with Crippen molar-refractivity contribution in [1.82, 2.24) is 9.13 Å². The van der Waals surface area contributed by atoms with Crippen LogP contribution >= 0.6 is 0 Å². The van der Waals surface area contributed by atoms with Gasteiger partial charge in [-0.1, -0.05) is 0 Å². The normalized spacial score (nSPS) is 12.0. The largest absolute Gasteiger partial charge is 0.417 e. The van der Waals surface area contributed by atoms with Crippen LogP contribution in [0.15, 0.2) is 42.2 Å². The Kier molecular flexibility index (Phi) is 4.01. The van der Waals surface area contributed by atoms with Gasteiger partial charge in [-0.3, -0.25) is 28.5 Å². The minimum absolute atomic E-state index is 0.0382. The highest BCUT2D eigenvalue weighted by atomic mass is 19.4. The van der Waals surface area contributed by atoms with Crippen molar-refractivity contribution in [3.8, 4) is 0 Å². The Hall–Kier alpha value is -3.30. The van der Waals surface area contributed by atoms with E-state index >= 15 is 0 Å². The average molecular weight is 380 g/mol. The Bertz CT molecular complexity index is 1410. The molecule has 0 N–H and O–H groups in total. The van der Waals surface area contributed by atoms with E-state index in [1.807, 2.05) is 0 Å². The fraction of sp³-hybridized carbons (Fsp3) is 0.235. The zero-order chi connectivity index (χ0) is 20.3. The number of hydrogen-bond acceptors (Lipinski definition) is 5. The van der Waals surface area contributed by atoms with Gasteiger partial charge in [0.1, 0.15) is 5.22 Å². The smallest absolute Gasteiger partial charge is 0.316 e. The molecule has 0 spiro atoms. The van der Waals surface area contributed by atoms with Gasteiger partial charge in [0.05, 0.1) is 17.3 Å². The van der Waals surface area contributed by atoms with E-state index in [1.165, 1.54) is 14.0 Å². The first kappa shape index (κ1) is 18.5. The lowest BCUT2D eigenvalue weighted by Crippen LogP contribution is -2.35. The predicted octanol–water partition coefficient (Wildman–Crippen LogP) is -0.397. The first-order valence-corrected chi connectivity index (χ1v) is 7.59. The van der Waals surface area contributed by atoms with Gasteiger partial charge in [0, 0.05) is 18.3 Å². The Labute approximate surface area is 146 Å². The van der Waals surface area contributed by atoms with Crippen LogP contribution in [0.2, 0.25) is 0 Å². The van der Waals surface area contributed by atoms with Crippen LogP contribution in [0.5, 0.6) is 0 Å². The first-order valence-electron chi connectivity index (χ1n) is 7.59. The summed E-state index contributed by atoms with van der Waals surface area (Å²) in [5.41, 5.74) is -7.52. The molecule has 0 unspecified atom stereocenters. The average Bonchev–Trinajstić information content (AvgIpc) is 2.82. The molecule has 1 aromatic heterocycles. The van der Waals surface area contributed by atoms with Crippen molar-refractivity contribution in [2.45, 2.75) is 19.6 Å². The van der Waals surface area contributed by atoms with Crippen LogP contribution in [-0.2, 0) is 19.8 Å². The van der Waals surface area contributed by atoms with Crippen LogP contribution in [0.3, 0.4) is 0 Å². The summed E-state index contributed by atoms with van der Waals surface area (Å²) in [6, 6.07) is 2.52. The summed E-state index contributed by atoms with van der Waals surface area (Å²) < 4.78 is 41.4. The molecule has 0 fully saturated rings. The van der Waals surface area contributed by atoms with Gasteiger partial charge < -0.3 is 4.57 Å². The molecule has 0 amide bonds. The number of aryl methyl sites for hydroxylation is 1. The third kappa shape index (κ3) is 2.73. The van der Waals surface area contributed by atoms with Gasteiger partial charge in [-0.2, -0.15) is 13.2 Å². The van der Waals surface area contributed by atoms with E-state index in [0.29, 0.717) is 4.57 Å². The van der Waals surface area contributed by atoms with Crippen LogP contribution in [0, 0.1) is 17.4 Å². The molecule has 0 radical (unpaired) electrons. The minimum Gasteiger partial charge on any atom is -0.316 e. The topological polar surface area (TPSA) is 95.2 Å². The summed E-state index contributed by atoms with van der Waals surface area (Å²) in [4.78, 5) is 60.4. The van der Waals surface area contributed by atoms with E-state index in [1.54, 1.807) is 0 Å². The van der Waals surface area contributed by atoms with Gasteiger partial charge in [0.2, 0.25) is 10.9 Å². The SMILES string of the molecule is Cc1cc(C(F)(F)F)c(Cn2c(=O)c3ccc(=O)c(=O)c=3c2=O)c(=O)n1C. The van der Waals surface area contributed by atoms with Crippen LogP contribution < -0.4 is 27.5 Å². The van der Waals surface area contributed by atoms with E-state index in [4.69, 9.17) is 0 Å². The van der Waals surface area contributed by atoms with Crippen molar-refractivity contribution >= 4 is 0 Å². The maximum atomic E-state index is 13.4. The van der Waals surface area contributed by atoms with Crippen molar-refractivity contribution < 1.29 is 13.2 Å². The van der Waals surface area contributed by atoms with E-state index < -0.39 is 56.6 Å². The molecule has 3 rings (SSSR count). The second kappa shape index (κ2) is 5.86. The van der Waals surface area contributed by atoms with Gasteiger partial charge in [-0.15, -0.1) is 0 Å². The van der Waals surface area contributed by atoms with Gasteiger partial charge in [0.15, 0.2) is 0 Å². The second-order valence-electron chi connectivity index (χ2n) is 6.05. The minimum atomic E-state index is -4.89. The number of hydrogen-bond donors (Lipinski definition) is 0. The lowest BCUT2D eigenvalue weighted by atomic mass is 10.1. The van der Waals surface area contributed by atoms with Gasteiger partial charge >= 0.3 is 6.18 Å². The second-order valence-corrected chi connectivity index (χ2v) is 6.05. The molecule has 1 aromatic rings. The summed E-state index contributed by atoms with van der Waals surface area (Å²) in [6.07, 6.45) is -4.89. The number of rotatable bonds is 2. The predicted molar refractivity (Wildman–Crippen MR) is 87.7 cm³/mol. The molecule has 2 heterocycles. The Balaban J connectivity index is 2.38. The summed E-state index contributed by atoms with van der Waals surface area (Å²) in [6.45, 7) is 0.337. The van der Waals surface area contributed by atoms with Crippen molar-refractivity contribution in [3.05, 3.63) is 97.0 Å². The zero-order valence-corrected chi connectivity index (χ0v) is 14.0. The molecule has 0 saturated carbocycles. The maximum Gasteiger partial charge on any atom is 0.417 e. The standard InChI is InChI=1S/C17H11F3N2O5/c1-7-5-10(17(18,19)20)9(14(25)21(7)2)6-22-15(26)8-3-4-11(23)13(24)12(8)16(22)27/h3-5H,6H2,1-2H3. The van der Waals surface area contributed by atoms with Crippen LogP contribution in [-0.4, -0.2) is 9.13 Å². The third-order valence-electron chi connectivity index (χ3n) is 4.45.